The van der Waals surface area contributed by atoms with Crippen molar-refractivity contribution >= 4 is 6.08 Å². The Morgan fingerprint density at radius 3 is 2.79 bits per heavy atom. The van der Waals surface area contributed by atoms with Crippen LogP contribution in [0, 0.1) is 0 Å². The van der Waals surface area contributed by atoms with Crippen LogP contribution in [-0.2, 0) is 0 Å². The third kappa shape index (κ3) is 1.98. The highest BCUT2D eigenvalue weighted by Gasteiger charge is 2.24. The summed E-state index contributed by atoms with van der Waals surface area (Å²) in [7, 11) is 0. The smallest absolute Gasteiger partial charge is 0.120 e. The van der Waals surface area contributed by atoms with Crippen LogP contribution >= 0.6 is 0 Å². The topological polar surface area (TPSA) is 9.23 Å². The van der Waals surface area contributed by atoms with Crippen LogP contribution in [0.1, 0.15) is 36.8 Å². The highest BCUT2D eigenvalue weighted by atomic mass is 16.5. The summed E-state index contributed by atoms with van der Waals surface area (Å²) < 4.78 is 5.52. The molecule has 0 heterocycles. The summed E-state index contributed by atoms with van der Waals surface area (Å²) in [5.41, 5.74) is 2.57. The summed E-state index contributed by atoms with van der Waals surface area (Å²) in [6, 6.07) is 6.42. The second kappa shape index (κ2) is 3.87. The van der Waals surface area contributed by atoms with E-state index < -0.39 is 0 Å². The molecule has 74 valence electrons. The van der Waals surface area contributed by atoms with Gasteiger partial charge in [-0.25, -0.2) is 0 Å². The largest absolute Gasteiger partial charge is 0.494 e. The maximum Gasteiger partial charge on any atom is 0.120 e. The Morgan fingerprint density at radius 1 is 1.43 bits per heavy atom. The molecule has 0 atom stereocenters. The van der Waals surface area contributed by atoms with E-state index in [1.807, 2.05) is 19.1 Å². The lowest BCUT2D eigenvalue weighted by molar-refractivity contribution is 0.340. The molecule has 1 aliphatic carbocycles. The first kappa shape index (κ1) is 9.32. The summed E-state index contributed by atoms with van der Waals surface area (Å²) in [5, 5.41) is 0. The zero-order valence-electron chi connectivity index (χ0n) is 8.62. The third-order valence-electron chi connectivity index (χ3n) is 2.55. The van der Waals surface area contributed by atoms with E-state index in [2.05, 4.69) is 18.7 Å². The standard InChI is InChI=1S/C13H16O/c1-3-10-7-12(11-5-6-11)9-13(8-10)14-4-2/h3,7-9,11H,1,4-6H2,2H3. The van der Waals surface area contributed by atoms with Crippen molar-refractivity contribution in [1.82, 2.24) is 0 Å². The normalized spacial score (nSPS) is 15.2. The van der Waals surface area contributed by atoms with Crippen molar-refractivity contribution < 1.29 is 4.74 Å². The molecular formula is C13H16O. The van der Waals surface area contributed by atoms with Gasteiger partial charge in [-0.2, -0.15) is 0 Å². The Balaban J connectivity index is 2.30. The Labute approximate surface area is 85.4 Å². The first-order valence-electron chi connectivity index (χ1n) is 5.23. The molecule has 1 fully saturated rings. The second-order valence-electron chi connectivity index (χ2n) is 3.75. The molecule has 0 aliphatic heterocycles. The van der Waals surface area contributed by atoms with Crippen molar-refractivity contribution in [1.29, 1.82) is 0 Å². The molecule has 0 N–H and O–H groups in total. The average Bonchev–Trinajstić information content (AvgIpc) is 3.01. The Morgan fingerprint density at radius 2 is 2.21 bits per heavy atom. The van der Waals surface area contributed by atoms with E-state index in [1.165, 1.54) is 18.4 Å². The Hall–Kier alpha value is -1.24. The second-order valence-corrected chi connectivity index (χ2v) is 3.75. The molecule has 1 aromatic rings. The fraction of sp³-hybridized carbons (Fsp3) is 0.385. The van der Waals surface area contributed by atoms with E-state index in [4.69, 9.17) is 4.74 Å². The molecule has 0 aromatic heterocycles. The predicted octanol–water partition coefficient (Wildman–Crippen LogP) is 3.61. The van der Waals surface area contributed by atoms with Crippen LogP contribution in [0.15, 0.2) is 24.8 Å². The maximum absolute atomic E-state index is 5.52. The number of ether oxygens (including phenoxy) is 1. The van der Waals surface area contributed by atoms with Gasteiger partial charge in [0.2, 0.25) is 0 Å². The molecule has 2 rings (SSSR count). The van der Waals surface area contributed by atoms with Crippen molar-refractivity contribution in [3.8, 4) is 5.75 Å². The molecule has 1 heteroatoms. The first-order chi connectivity index (χ1) is 6.83. The van der Waals surface area contributed by atoms with Crippen LogP contribution in [0.4, 0.5) is 0 Å². The van der Waals surface area contributed by atoms with Gasteiger partial charge in [0.15, 0.2) is 0 Å². The van der Waals surface area contributed by atoms with Crippen molar-refractivity contribution in [2.75, 3.05) is 6.61 Å². The van der Waals surface area contributed by atoms with Crippen LogP contribution in [0.2, 0.25) is 0 Å². The summed E-state index contributed by atoms with van der Waals surface area (Å²) in [6.45, 7) is 6.54. The van der Waals surface area contributed by atoms with Gasteiger partial charge >= 0.3 is 0 Å². The van der Waals surface area contributed by atoms with Crippen molar-refractivity contribution in [2.45, 2.75) is 25.7 Å². The monoisotopic (exact) mass is 188 g/mol. The minimum atomic E-state index is 0.727. The molecule has 0 unspecified atom stereocenters. The molecule has 1 aliphatic rings. The van der Waals surface area contributed by atoms with Crippen molar-refractivity contribution in [3.63, 3.8) is 0 Å². The van der Waals surface area contributed by atoms with Gasteiger partial charge in [-0.05, 0) is 48.9 Å². The van der Waals surface area contributed by atoms with Gasteiger partial charge in [0.05, 0.1) is 6.61 Å². The Bertz CT molecular complexity index is 337. The minimum Gasteiger partial charge on any atom is -0.494 e. The summed E-state index contributed by atoms with van der Waals surface area (Å²) in [4.78, 5) is 0. The molecule has 0 amide bonds. The fourth-order valence-corrected chi connectivity index (χ4v) is 1.67. The van der Waals surface area contributed by atoms with Gasteiger partial charge in [-0.3, -0.25) is 0 Å². The van der Waals surface area contributed by atoms with E-state index in [9.17, 15) is 0 Å². The molecule has 0 bridgehead atoms. The van der Waals surface area contributed by atoms with Gasteiger partial charge in [0, 0.05) is 0 Å². The number of hydrogen-bond donors (Lipinski definition) is 0. The molecule has 1 saturated carbocycles. The van der Waals surface area contributed by atoms with Gasteiger partial charge < -0.3 is 4.74 Å². The molecule has 0 saturated heterocycles. The van der Waals surface area contributed by atoms with E-state index >= 15 is 0 Å². The number of rotatable bonds is 4. The molecule has 0 radical (unpaired) electrons. The highest BCUT2D eigenvalue weighted by molar-refractivity contribution is 5.52. The molecule has 1 nitrogen and oxygen atoms in total. The molecule has 14 heavy (non-hydrogen) atoms. The average molecular weight is 188 g/mol. The predicted molar refractivity (Wildman–Crippen MR) is 59.7 cm³/mol. The maximum atomic E-state index is 5.52. The molecule has 1 aromatic carbocycles. The lowest BCUT2D eigenvalue weighted by Gasteiger charge is -2.07. The zero-order chi connectivity index (χ0) is 9.97. The fourth-order valence-electron chi connectivity index (χ4n) is 1.67. The highest BCUT2D eigenvalue weighted by Crippen LogP contribution is 2.41. The Kier molecular flexibility index (Phi) is 2.58. The first-order valence-corrected chi connectivity index (χ1v) is 5.23. The van der Waals surface area contributed by atoms with Crippen molar-refractivity contribution in [2.24, 2.45) is 0 Å². The van der Waals surface area contributed by atoms with E-state index in [0.717, 1.165) is 23.8 Å². The SMILES string of the molecule is C=Cc1cc(OCC)cc(C2CC2)c1. The van der Waals surface area contributed by atoms with Gasteiger partial charge in [0.25, 0.3) is 0 Å². The van der Waals surface area contributed by atoms with E-state index in [0.29, 0.717) is 0 Å². The molecular weight excluding hydrogens is 172 g/mol. The summed E-state index contributed by atoms with van der Waals surface area (Å²) in [6.07, 6.45) is 4.53. The van der Waals surface area contributed by atoms with Crippen LogP contribution in [0.3, 0.4) is 0 Å². The van der Waals surface area contributed by atoms with Crippen LogP contribution in [0.25, 0.3) is 6.08 Å². The van der Waals surface area contributed by atoms with E-state index in [-0.39, 0.29) is 0 Å². The lowest BCUT2D eigenvalue weighted by atomic mass is 10.1. The van der Waals surface area contributed by atoms with Crippen LogP contribution < -0.4 is 4.74 Å². The lowest BCUT2D eigenvalue weighted by Crippen LogP contribution is -1.93. The van der Waals surface area contributed by atoms with Gasteiger partial charge in [0.1, 0.15) is 5.75 Å². The summed E-state index contributed by atoms with van der Waals surface area (Å²) >= 11 is 0. The quantitative estimate of drug-likeness (QED) is 0.701. The van der Waals surface area contributed by atoms with E-state index in [1.54, 1.807) is 0 Å². The van der Waals surface area contributed by atoms with Gasteiger partial charge in [-0.15, -0.1) is 0 Å². The van der Waals surface area contributed by atoms with Gasteiger partial charge in [-0.1, -0.05) is 18.7 Å². The number of hydrogen-bond acceptors (Lipinski definition) is 1. The van der Waals surface area contributed by atoms with Crippen LogP contribution in [-0.4, -0.2) is 6.61 Å². The number of benzene rings is 1. The third-order valence-corrected chi connectivity index (χ3v) is 2.55. The molecule has 0 spiro atoms. The van der Waals surface area contributed by atoms with Crippen molar-refractivity contribution in [3.05, 3.63) is 35.9 Å². The van der Waals surface area contributed by atoms with Crippen LogP contribution in [0.5, 0.6) is 5.75 Å². The summed E-state index contributed by atoms with van der Waals surface area (Å²) in [5.74, 6) is 1.75. The minimum absolute atomic E-state index is 0.727. The zero-order valence-corrected chi connectivity index (χ0v) is 8.62.